The van der Waals surface area contributed by atoms with E-state index in [1.54, 1.807) is 13.3 Å². The van der Waals surface area contributed by atoms with E-state index >= 15 is 0 Å². The van der Waals surface area contributed by atoms with Gasteiger partial charge in [0.05, 0.1) is 12.6 Å². The van der Waals surface area contributed by atoms with Crippen molar-refractivity contribution >= 4 is 33.8 Å². The van der Waals surface area contributed by atoms with Crippen molar-refractivity contribution in [3.05, 3.63) is 42.7 Å². The standard InChI is InChI=1S/C19H18N4O3.C2HF3O2/c1-23-9-13(14-6-11-4-3-5-21-19(11)22-14)12-7-16(25-2)17(8-15(12)23)26-10-18(20)24;3-2(4,5)1(6)7/h3-9H,10H2,1-2H3,(H2,20,24)(H,21,22);(H,6,7). The molecule has 0 aliphatic heterocycles. The second-order valence-corrected chi connectivity index (χ2v) is 6.86. The Kier molecular flexibility index (Phi) is 6.47. The smallest absolute Gasteiger partial charge is 0.490 e. The molecule has 0 aliphatic rings. The molecule has 0 saturated carbocycles. The molecule has 4 N–H and O–H groups in total. The minimum absolute atomic E-state index is 0.202. The van der Waals surface area contributed by atoms with E-state index in [9.17, 15) is 18.0 Å². The Balaban J connectivity index is 0.000000383. The third-order valence-electron chi connectivity index (χ3n) is 4.57. The number of carbonyl (C=O) groups is 2. The van der Waals surface area contributed by atoms with Crippen LogP contribution in [0.25, 0.3) is 33.2 Å². The van der Waals surface area contributed by atoms with Gasteiger partial charge in [-0.05, 0) is 24.3 Å². The van der Waals surface area contributed by atoms with Crippen molar-refractivity contribution in [1.82, 2.24) is 14.5 Å². The van der Waals surface area contributed by atoms with Crippen molar-refractivity contribution in [3.63, 3.8) is 0 Å². The monoisotopic (exact) mass is 464 g/mol. The second kappa shape index (κ2) is 9.10. The molecule has 0 radical (unpaired) electrons. The molecule has 0 fully saturated rings. The van der Waals surface area contributed by atoms with Crippen LogP contribution in [0.1, 0.15) is 0 Å². The molecule has 0 unspecified atom stereocenters. The molecule has 3 heterocycles. The maximum Gasteiger partial charge on any atom is 0.490 e. The fourth-order valence-corrected chi connectivity index (χ4v) is 3.13. The van der Waals surface area contributed by atoms with Gasteiger partial charge in [-0.2, -0.15) is 13.2 Å². The maximum absolute atomic E-state index is 11.0. The number of halogens is 3. The minimum atomic E-state index is -5.08. The lowest BCUT2D eigenvalue weighted by Gasteiger charge is -2.10. The minimum Gasteiger partial charge on any atom is -0.493 e. The molecule has 4 rings (SSSR count). The lowest BCUT2D eigenvalue weighted by molar-refractivity contribution is -0.192. The van der Waals surface area contributed by atoms with Gasteiger partial charge in [0.15, 0.2) is 18.1 Å². The molecule has 0 saturated heterocycles. The topological polar surface area (TPSA) is 132 Å². The van der Waals surface area contributed by atoms with Crippen LogP contribution in [0, 0.1) is 0 Å². The Hall–Kier alpha value is -4.22. The lowest BCUT2D eigenvalue weighted by Crippen LogP contribution is -2.21. The molecule has 9 nitrogen and oxygen atoms in total. The summed E-state index contributed by atoms with van der Waals surface area (Å²) in [6.07, 6.45) is -1.29. The first-order chi connectivity index (χ1) is 15.5. The molecule has 1 aromatic carbocycles. The number of nitrogens with one attached hydrogen (secondary N) is 1. The summed E-state index contributed by atoms with van der Waals surface area (Å²) in [6, 6.07) is 9.75. The van der Waals surface area contributed by atoms with Crippen molar-refractivity contribution < 1.29 is 37.3 Å². The number of benzene rings is 1. The van der Waals surface area contributed by atoms with Gasteiger partial charge in [-0.1, -0.05) is 0 Å². The molecule has 0 bridgehead atoms. The van der Waals surface area contributed by atoms with Crippen molar-refractivity contribution in [2.45, 2.75) is 6.18 Å². The number of H-pyrrole nitrogens is 1. The predicted molar refractivity (Wildman–Crippen MR) is 113 cm³/mol. The number of nitrogens with two attached hydrogens (primary N) is 1. The van der Waals surface area contributed by atoms with Crippen molar-refractivity contribution in [2.24, 2.45) is 12.8 Å². The van der Waals surface area contributed by atoms with Crippen LogP contribution in [0.5, 0.6) is 11.5 Å². The number of primary amides is 1. The number of ether oxygens (including phenoxy) is 2. The number of aliphatic carboxylic acids is 1. The average Bonchev–Trinajstić information content (AvgIpc) is 3.32. The molecule has 0 spiro atoms. The number of aromatic nitrogens is 3. The summed E-state index contributed by atoms with van der Waals surface area (Å²) in [5.74, 6) is -2.27. The van der Waals surface area contributed by atoms with E-state index in [-0.39, 0.29) is 6.61 Å². The van der Waals surface area contributed by atoms with Crippen LogP contribution in [0.15, 0.2) is 42.7 Å². The number of hydrogen-bond donors (Lipinski definition) is 3. The summed E-state index contributed by atoms with van der Waals surface area (Å²) in [4.78, 5) is 27.6. The Morgan fingerprint density at radius 2 is 1.94 bits per heavy atom. The third kappa shape index (κ3) is 5.17. The normalized spacial score (nSPS) is 11.2. The summed E-state index contributed by atoms with van der Waals surface area (Å²) in [5.41, 5.74) is 8.96. The number of amides is 1. The van der Waals surface area contributed by atoms with Gasteiger partial charge < -0.3 is 29.9 Å². The summed E-state index contributed by atoms with van der Waals surface area (Å²) in [7, 11) is 3.52. The molecular weight excluding hydrogens is 445 g/mol. The fraction of sp³-hybridized carbons (Fsp3) is 0.190. The van der Waals surface area contributed by atoms with Crippen LogP contribution in [-0.2, 0) is 16.6 Å². The molecule has 174 valence electrons. The van der Waals surface area contributed by atoms with E-state index in [0.717, 1.165) is 33.2 Å². The van der Waals surface area contributed by atoms with Gasteiger partial charge in [-0.25, -0.2) is 9.78 Å². The third-order valence-corrected chi connectivity index (χ3v) is 4.57. The molecule has 0 atom stereocenters. The van der Waals surface area contributed by atoms with Gasteiger partial charge in [-0.3, -0.25) is 4.79 Å². The Morgan fingerprint density at radius 3 is 2.52 bits per heavy atom. The fourth-order valence-electron chi connectivity index (χ4n) is 3.13. The van der Waals surface area contributed by atoms with Gasteiger partial charge in [0.1, 0.15) is 5.65 Å². The van der Waals surface area contributed by atoms with Crippen LogP contribution in [0.2, 0.25) is 0 Å². The summed E-state index contributed by atoms with van der Waals surface area (Å²) in [5, 5.41) is 9.18. The van der Waals surface area contributed by atoms with Crippen LogP contribution < -0.4 is 15.2 Å². The van der Waals surface area contributed by atoms with Crippen LogP contribution in [-0.4, -0.2) is 51.4 Å². The highest BCUT2D eigenvalue weighted by Gasteiger charge is 2.38. The van der Waals surface area contributed by atoms with E-state index in [1.807, 2.05) is 42.1 Å². The maximum atomic E-state index is 11.0. The second-order valence-electron chi connectivity index (χ2n) is 6.86. The first kappa shape index (κ1) is 23.4. The highest BCUT2D eigenvalue weighted by molar-refractivity contribution is 5.99. The van der Waals surface area contributed by atoms with Crippen LogP contribution >= 0.6 is 0 Å². The first-order valence-electron chi connectivity index (χ1n) is 9.33. The van der Waals surface area contributed by atoms with E-state index in [1.165, 1.54) is 0 Å². The highest BCUT2D eigenvalue weighted by Crippen LogP contribution is 2.38. The molecule has 1 amide bonds. The number of carboxylic acids is 1. The number of carboxylic acid groups (broad SMARTS) is 1. The number of alkyl halides is 3. The molecular formula is C21H19F3N4O5. The van der Waals surface area contributed by atoms with Gasteiger partial charge in [0.2, 0.25) is 0 Å². The predicted octanol–water partition coefficient (Wildman–Crippen LogP) is 3.23. The molecule has 0 aliphatic carbocycles. The van der Waals surface area contributed by atoms with Gasteiger partial charge in [0, 0.05) is 47.5 Å². The number of aryl methyl sites for hydroxylation is 1. The molecule has 4 aromatic rings. The first-order valence-corrected chi connectivity index (χ1v) is 9.33. The zero-order valence-corrected chi connectivity index (χ0v) is 17.4. The van der Waals surface area contributed by atoms with E-state index < -0.39 is 18.1 Å². The summed E-state index contributed by atoms with van der Waals surface area (Å²) >= 11 is 0. The molecule has 33 heavy (non-hydrogen) atoms. The number of aromatic amines is 1. The Morgan fingerprint density at radius 1 is 1.24 bits per heavy atom. The number of hydrogen-bond acceptors (Lipinski definition) is 5. The van der Waals surface area contributed by atoms with Gasteiger partial charge in [-0.15, -0.1) is 0 Å². The van der Waals surface area contributed by atoms with E-state index in [0.29, 0.717) is 11.5 Å². The summed E-state index contributed by atoms with van der Waals surface area (Å²) < 4.78 is 44.7. The highest BCUT2D eigenvalue weighted by atomic mass is 19.4. The largest absolute Gasteiger partial charge is 0.493 e. The van der Waals surface area contributed by atoms with Crippen LogP contribution in [0.3, 0.4) is 0 Å². The number of pyridine rings is 1. The van der Waals surface area contributed by atoms with Gasteiger partial charge >= 0.3 is 12.1 Å². The molecule has 12 heteroatoms. The number of carbonyl (C=O) groups excluding carboxylic acids is 1. The number of nitrogens with zero attached hydrogens (tertiary/aromatic N) is 2. The van der Waals surface area contributed by atoms with Crippen molar-refractivity contribution in [2.75, 3.05) is 13.7 Å². The zero-order valence-electron chi connectivity index (χ0n) is 17.4. The average molecular weight is 464 g/mol. The van der Waals surface area contributed by atoms with Crippen molar-refractivity contribution in [3.8, 4) is 22.8 Å². The lowest BCUT2D eigenvalue weighted by atomic mass is 10.1. The Bertz CT molecular complexity index is 1290. The van der Waals surface area contributed by atoms with Crippen molar-refractivity contribution in [1.29, 1.82) is 0 Å². The van der Waals surface area contributed by atoms with E-state index in [2.05, 4.69) is 16.0 Å². The Labute approximate surface area is 184 Å². The quantitative estimate of drug-likeness (QED) is 0.415. The van der Waals surface area contributed by atoms with Gasteiger partial charge in [0.25, 0.3) is 5.91 Å². The number of rotatable bonds is 5. The zero-order chi connectivity index (χ0) is 24.3. The summed E-state index contributed by atoms with van der Waals surface area (Å²) in [6.45, 7) is -0.202. The van der Waals surface area contributed by atoms with E-state index in [4.69, 9.17) is 25.1 Å². The molecule has 3 aromatic heterocycles. The number of fused-ring (bicyclic) bond motifs is 2. The number of methoxy groups -OCH3 is 1. The SMILES string of the molecule is COc1cc2c(-c3cc4cccnc4[nH]3)cn(C)c2cc1OCC(N)=O.O=C(O)C(F)(F)F. The van der Waals surface area contributed by atoms with Crippen LogP contribution in [0.4, 0.5) is 13.2 Å².